The summed E-state index contributed by atoms with van der Waals surface area (Å²) in [4.78, 5) is 0. The highest BCUT2D eigenvalue weighted by Gasteiger charge is 2.34. The Balaban J connectivity index is 2.42. The van der Waals surface area contributed by atoms with Gasteiger partial charge in [-0.1, -0.05) is 75.7 Å². The normalized spacial score (nSPS) is 11.9. The highest BCUT2D eigenvalue weighted by atomic mass is 35.5. The number of hydrogen-bond donors (Lipinski definition) is 0. The summed E-state index contributed by atoms with van der Waals surface area (Å²) in [6.45, 7) is 0. The molecule has 0 spiro atoms. The van der Waals surface area contributed by atoms with Gasteiger partial charge in [-0.2, -0.15) is 0 Å². The van der Waals surface area contributed by atoms with Gasteiger partial charge in [-0.25, -0.2) is 0 Å². The summed E-state index contributed by atoms with van der Waals surface area (Å²) in [5.74, 6) is 0. The van der Waals surface area contributed by atoms with Crippen LogP contribution in [0.5, 0.6) is 0 Å². The highest BCUT2D eigenvalue weighted by Crippen LogP contribution is 2.61. The van der Waals surface area contributed by atoms with Crippen LogP contribution in [-0.2, 0) is 0 Å². The van der Waals surface area contributed by atoms with Gasteiger partial charge in [-0.05, 0) is 11.6 Å². The molecule has 0 nitrogen and oxygen atoms in total. The van der Waals surface area contributed by atoms with E-state index in [9.17, 15) is 0 Å². The molecule has 0 radical (unpaired) electrons. The first kappa shape index (κ1) is 13.2. The Morgan fingerprint density at radius 1 is 0.500 bits per heavy atom. The van der Waals surface area contributed by atoms with Gasteiger partial charge >= 0.3 is 0 Å². The zero-order valence-corrected chi connectivity index (χ0v) is 13.0. The zero-order chi connectivity index (χ0) is 13.2. The lowest BCUT2D eigenvalue weighted by molar-refractivity contribution is 1.52. The summed E-state index contributed by atoms with van der Waals surface area (Å²) in [5, 5.41) is 2.10. The molecule has 0 N–H and O–H groups in total. The van der Waals surface area contributed by atoms with E-state index in [0.29, 0.717) is 25.7 Å². The maximum atomic E-state index is 6.19. The van der Waals surface area contributed by atoms with Crippen LogP contribution in [0.2, 0.25) is 30.1 Å². The van der Waals surface area contributed by atoms with Crippen molar-refractivity contribution in [2.75, 3.05) is 0 Å². The van der Waals surface area contributed by atoms with E-state index in [1.54, 1.807) is 6.07 Å². The van der Waals surface area contributed by atoms with E-state index in [1.165, 1.54) is 0 Å². The second-order valence-corrected chi connectivity index (χ2v) is 6.09. The van der Waals surface area contributed by atoms with E-state index in [0.717, 1.165) is 16.7 Å². The van der Waals surface area contributed by atoms with Crippen molar-refractivity contribution in [2.24, 2.45) is 0 Å². The molecule has 0 saturated carbocycles. The molecule has 1 aliphatic rings. The minimum atomic E-state index is 0.226. The molecular weight excluding hydrogens is 357 g/mol. The van der Waals surface area contributed by atoms with Crippen LogP contribution in [0, 0.1) is 0 Å². The molecule has 0 unspecified atom stereocenters. The predicted octanol–water partition coefficient (Wildman–Crippen LogP) is 7.25. The van der Waals surface area contributed by atoms with E-state index in [2.05, 4.69) is 0 Å². The van der Waals surface area contributed by atoms with Gasteiger partial charge in [0.15, 0.2) is 0 Å². The molecule has 0 saturated heterocycles. The van der Waals surface area contributed by atoms with Crippen molar-refractivity contribution in [1.29, 1.82) is 0 Å². The molecule has 6 heteroatoms. The number of benzene rings is 2. The fourth-order valence-electron chi connectivity index (χ4n) is 2.06. The minimum absolute atomic E-state index is 0.226. The lowest BCUT2D eigenvalue weighted by Crippen LogP contribution is -2.03. The summed E-state index contributed by atoms with van der Waals surface area (Å²) in [7, 11) is 0. The van der Waals surface area contributed by atoms with Crippen molar-refractivity contribution in [3.8, 4) is 22.3 Å². The van der Waals surface area contributed by atoms with E-state index >= 15 is 0 Å². The van der Waals surface area contributed by atoms with Gasteiger partial charge in [0, 0.05) is 16.7 Å². The first-order valence-electron chi connectivity index (χ1n) is 4.79. The molecule has 92 valence electrons. The van der Waals surface area contributed by atoms with Crippen LogP contribution >= 0.6 is 69.6 Å². The summed E-state index contributed by atoms with van der Waals surface area (Å²) in [6.07, 6.45) is 0. The number of fused-ring (bicyclic) bond motifs is 4. The quantitative estimate of drug-likeness (QED) is 0.293. The van der Waals surface area contributed by atoms with Crippen molar-refractivity contribution in [3.05, 3.63) is 42.3 Å². The Morgan fingerprint density at radius 3 is 1.67 bits per heavy atom. The Morgan fingerprint density at radius 2 is 1.06 bits per heavy atom. The topological polar surface area (TPSA) is 0 Å². The first-order chi connectivity index (χ1) is 8.45. The van der Waals surface area contributed by atoms with Crippen LogP contribution in [0.3, 0.4) is 0 Å². The molecule has 0 aliphatic heterocycles. The first-order valence-corrected chi connectivity index (χ1v) is 7.06. The maximum absolute atomic E-state index is 6.19. The van der Waals surface area contributed by atoms with Crippen LogP contribution < -0.4 is 0 Å². The van der Waals surface area contributed by atoms with E-state index < -0.39 is 0 Å². The lowest BCUT2D eigenvalue weighted by Gasteiger charge is -2.29. The molecule has 0 heterocycles. The largest absolute Gasteiger partial charge is 0.0827 e. The Bertz CT molecular complexity index is 705. The Hall–Kier alpha value is 0.180. The third-order valence-electron chi connectivity index (χ3n) is 2.88. The van der Waals surface area contributed by atoms with Crippen molar-refractivity contribution in [1.82, 2.24) is 0 Å². The highest BCUT2D eigenvalue weighted by molar-refractivity contribution is 6.56. The molecule has 3 rings (SSSR count). The molecule has 0 amide bonds. The van der Waals surface area contributed by atoms with Gasteiger partial charge in [0.05, 0.1) is 30.1 Å². The molecular formula is C12H2Cl6. The molecule has 0 aromatic heterocycles. The second-order valence-electron chi connectivity index (χ2n) is 3.79. The molecule has 0 fully saturated rings. The van der Waals surface area contributed by atoms with Gasteiger partial charge < -0.3 is 0 Å². The van der Waals surface area contributed by atoms with Crippen LogP contribution in [0.4, 0.5) is 0 Å². The van der Waals surface area contributed by atoms with Crippen LogP contribution in [0.1, 0.15) is 0 Å². The average Bonchev–Trinajstić information content (AvgIpc) is 2.31. The zero-order valence-electron chi connectivity index (χ0n) is 8.42. The number of rotatable bonds is 0. The van der Waals surface area contributed by atoms with Crippen LogP contribution in [0.15, 0.2) is 12.1 Å². The molecule has 2 aromatic rings. The fraction of sp³-hybridized carbons (Fsp3) is 0. The monoisotopic (exact) mass is 356 g/mol. The smallest absolute Gasteiger partial charge is 0.0800 e. The molecule has 2 aromatic carbocycles. The standard InChI is InChI=1S/C12H2Cl6/c13-4-2-1-3-5(8(4)14)7-6(3)9(15)11(17)12(18)10(7)16/h1-2H. The maximum Gasteiger partial charge on any atom is 0.0800 e. The number of hydrogen-bond acceptors (Lipinski definition) is 0. The van der Waals surface area contributed by atoms with Crippen molar-refractivity contribution in [2.45, 2.75) is 0 Å². The third kappa shape index (κ3) is 1.54. The lowest BCUT2D eigenvalue weighted by atomic mass is 9.80. The summed E-state index contributed by atoms with van der Waals surface area (Å²) >= 11 is 36.6. The van der Waals surface area contributed by atoms with Crippen molar-refractivity contribution >= 4 is 69.6 Å². The summed E-state index contributed by atoms with van der Waals surface area (Å²) in [5.41, 5.74) is 3.12. The summed E-state index contributed by atoms with van der Waals surface area (Å²) < 4.78 is 0. The van der Waals surface area contributed by atoms with Gasteiger partial charge in [0.1, 0.15) is 0 Å². The Kier molecular flexibility index (Phi) is 3.18. The van der Waals surface area contributed by atoms with Crippen LogP contribution in [-0.4, -0.2) is 0 Å². The predicted molar refractivity (Wildman–Crippen MR) is 80.9 cm³/mol. The Labute approximate surface area is 133 Å². The second kappa shape index (κ2) is 4.34. The fourth-order valence-corrected chi connectivity index (χ4v) is 3.53. The molecule has 0 atom stereocenters. The van der Waals surface area contributed by atoms with Gasteiger partial charge in [-0.15, -0.1) is 0 Å². The van der Waals surface area contributed by atoms with E-state index in [1.807, 2.05) is 6.07 Å². The van der Waals surface area contributed by atoms with Crippen molar-refractivity contribution in [3.63, 3.8) is 0 Å². The van der Waals surface area contributed by atoms with Crippen molar-refractivity contribution < 1.29 is 0 Å². The molecule has 1 aliphatic carbocycles. The van der Waals surface area contributed by atoms with E-state index in [4.69, 9.17) is 69.6 Å². The van der Waals surface area contributed by atoms with Gasteiger partial charge in [0.2, 0.25) is 0 Å². The van der Waals surface area contributed by atoms with Crippen LogP contribution in [0.25, 0.3) is 22.3 Å². The van der Waals surface area contributed by atoms with E-state index in [-0.39, 0.29) is 10.0 Å². The van der Waals surface area contributed by atoms with Gasteiger partial charge in [-0.3, -0.25) is 0 Å². The minimum Gasteiger partial charge on any atom is -0.0827 e. The average molecular weight is 359 g/mol. The number of halogens is 6. The SMILES string of the molecule is Clc1ccc2c(c1Cl)-c1c(Cl)c(Cl)c(Cl)c(Cl)c1-2. The van der Waals surface area contributed by atoms with Gasteiger partial charge in [0.25, 0.3) is 0 Å². The molecule has 18 heavy (non-hydrogen) atoms. The molecule has 0 bridgehead atoms. The summed E-state index contributed by atoms with van der Waals surface area (Å²) in [6, 6.07) is 3.54. The third-order valence-corrected chi connectivity index (χ3v) is 5.49.